The summed E-state index contributed by atoms with van der Waals surface area (Å²) in [5.41, 5.74) is 7.61. The van der Waals surface area contributed by atoms with Gasteiger partial charge in [0, 0.05) is 7.11 Å². The molecule has 0 radical (unpaired) electrons. The molecule has 0 spiro atoms. The van der Waals surface area contributed by atoms with E-state index in [0.29, 0.717) is 25.0 Å². The van der Waals surface area contributed by atoms with E-state index in [-0.39, 0.29) is 0 Å². The van der Waals surface area contributed by atoms with E-state index in [2.05, 4.69) is 79.8 Å². The molecule has 3 nitrogen and oxygen atoms in total. The molecule has 0 fully saturated rings. The predicted octanol–water partition coefficient (Wildman–Crippen LogP) is 10.6. The average Bonchev–Trinajstić information content (AvgIpc) is 2.92. The fourth-order valence-electron chi connectivity index (χ4n) is 3.06. The van der Waals surface area contributed by atoms with Crippen molar-refractivity contribution < 1.29 is 14.3 Å². The van der Waals surface area contributed by atoms with Crippen molar-refractivity contribution >= 4 is 6.79 Å². The number of carbonyl (C=O) groups excluding carboxylic acids is 1. The van der Waals surface area contributed by atoms with Crippen LogP contribution in [0.2, 0.25) is 0 Å². The van der Waals surface area contributed by atoms with E-state index < -0.39 is 0 Å². The highest BCUT2D eigenvalue weighted by molar-refractivity contribution is 5.55. The van der Waals surface area contributed by atoms with Crippen LogP contribution in [0.3, 0.4) is 0 Å². The third-order valence-corrected chi connectivity index (χ3v) is 5.85. The van der Waals surface area contributed by atoms with Crippen molar-refractivity contribution in [3.05, 3.63) is 121 Å². The highest BCUT2D eigenvalue weighted by Gasteiger charge is 2.10. The molecule has 0 aromatic rings. The first-order valence-electron chi connectivity index (χ1n) is 14.0. The molecule has 0 amide bonds. The SMILES string of the molecule is C=C(/C=C\C(=C)C(C)CCC(C)C)C(=C)/C=C(/CC)C(=C)C(=C)/C=C(/OCCOC)C(=C)CC.C=C(C)C.C=O. The molecule has 0 aliphatic rings. The lowest BCUT2D eigenvalue weighted by atomic mass is 9.92. The molecular formula is C37H58O3. The van der Waals surface area contributed by atoms with Gasteiger partial charge in [-0.25, -0.2) is 0 Å². The lowest BCUT2D eigenvalue weighted by molar-refractivity contribution is -0.0980. The van der Waals surface area contributed by atoms with Gasteiger partial charge in [-0.2, -0.15) is 0 Å². The van der Waals surface area contributed by atoms with Gasteiger partial charge in [0.15, 0.2) is 0 Å². The molecule has 0 rings (SSSR count). The molecule has 3 heteroatoms. The first kappa shape index (κ1) is 41.3. The third kappa shape index (κ3) is 20.7. The maximum Gasteiger partial charge on any atom is 0.122 e. The van der Waals surface area contributed by atoms with Crippen molar-refractivity contribution in [2.75, 3.05) is 20.3 Å². The highest BCUT2D eigenvalue weighted by atomic mass is 16.5. The minimum Gasteiger partial charge on any atom is -0.491 e. The minimum absolute atomic E-state index is 0.453. The average molecular weight is 551 g/mol. The van der Waals surface area contributed by atoms with Crippen LogP contribution >= 0.6 is 0 Å². The Hall–Kier alpha value is -3.17. The molecule has 0 aliphatic heterocycles. The predicted molar refractivity (Wildman–Crippen MR) is 179 cm³/mol. The molecule has 40 heavy (non-hydrogen) atoms. The molecule has 224 valence electrons. The van der Waals surface area contributed by atoms with Gasteiger partial charge in [-0.05, 0) is 84.5 Å². The summed E-state index contributed by atoms with van der Waals surface area (Å²) in [6.07, 6.45) is 12.0. The minimum atomic E-state index is 0.453. The Labute approximate surface area is 247 Å². The Morgan fingerprint density at radius 2 is 1.30 bits per heavy atom. The number of allylic oxidation sites excluding steroid dienone is 12. The number of methoxy groups -OCH3 is 1. The van der Waals surface area contributed by atoms with Gasteiger partial charge < -0.3 is 14.3 Å². The van der Waals surface area contributed by atoms with Gasteiger partial charge >= 0.3 is 0 Å². The summed E-state index contributed by atoms with van der Waals surface area (Å²) in [5.74, 6) is 1.88. The van der Waals surface area contributed by atoms with Gasteiger partial charge in [0.2, 0.25) is 0 Å². The van der Waals surface area contributed by atoms with E-state index in [9.17, 15) is 0 Å². The van der Waals surface area contributed by atoms with Crippen LogP contribution in [-0.4, -0.2) is 27.1 Å². The van der Waals surface area contributed by atoms with Gasteiger partial charge in [-0.1, -0.05) is 110 Å². The lowest BCUT2D eigenvalue weighted by Crippen LogP contribution is -2.04. The maximum absolute atomic E-state index is 8.00. The Kier molecular flexibility index (Phi) is 25.7. The van der Waals surface area contributed by atoms with E-state index >= 15 is 0 Å². The van der Waals surface area contributed by atoms with Crippen LogP contribution in [0.1, 0.15) is 74.1 Å². The molecule has 0 saturated heterocycles. The van der Waals surface area contributed by atoms with Crippen LogP contribution < -0.4 is 0 Å². The van der Waals surface area contributed by atoms with E-state index in [1.54, 1.807) is 7.11 Å². The third-order valence-electron chi connectivity index (χ3n) is 5.85. The van der Waals surface area contributed by atoms with Crippen molar-refractivity contribution in [3.63, 3.8) is 0 Å². The van der Waals surface area contributed by atoms with Gasteiger partial charge in [0.1, 0.15) is 19.2 Å². The van der Waals surface area contributed by atoms with E-state index in [1.807, 2.05) is 45.8 Å². The number of hydrogen-bond donors (Lipinski definition) is 0. The molecule has 1 atom stereocenters. The standard InChI is InChI=1S/C32H48O2.C4H8.CH2O/c1-13-24(5)32(34-20-19-33-12)22-29(10)30(11)31(14-2)21-28(9)27(8)18-17-26(7)25(6)16-15-23(3)4;1-4(2)3;1-2/h17-18,21-23,25H,5,7-11,13-16,19-20H2,1-4,6,12H3;1H2,2-3H3;1H2/b18-17-,31-21-,32-22+;;. The molecule has 1 unspecified atom stereocenters. The van der Waals surface area contributed by atoms with Crippen molar-refractivity contribution in [2.45, 2.75) is 74.1 Å². The van der Waals surface area contributed by atoms with Crippen LogP contribution in [0, 0.1) is 11.8 Å². The summed E-state index contributed by atoms with van der Waals surface area (Å²) in [7, 11) is 1.65. The molecule has 0 heterocycles. The zero-order valence-corrected chi connectivity index (χ0v) is 27.1. The normalized spacial score (nSPS) is 11.9. The van der Waals surface area contributed by atoms with E-state index in [1.165, 1.54) is 12.0 Å². The van der Waals surface area contributed by atoms with Crippen LogP contribution in [0.5, 0.6) is 0 Å². The fourth-order valence-corrected chi connectivity index (χ4v) is 3.06. The van der Waals surface area contributed by atoms with Crippen molar-refractivity contribution in [1.82, 2.24) is 0 Å². The van der Waals surface area contributed by atoms with Crippen LogP contribution in [0.4, 0.5) is 0 Å². The van der Waals surface area contributed by atoms with Crippen LogP contribution in [0.25, 0.3) is 0 Å². The van der Waals surface area contributed by atoms with Gasteiger partial charge in [-0.15, -0.1) is 6.58 Å². The highest BCUT2D eigenvalue weighted by Crippen LogP contribution is 2.26. The zero-order chi connectivity index (χ0) is 31.8. The molecular weight excluding hydrogens is 492 g/mol. The fraction of sp³-hybridized carbons (Fsp3) is 0.432. The summed E-state index contributed by atoms with van der Waals surface area (Å²) in [4.78, 5) is 8.00. The second-order valence-electron chi connectivity index (χ2n) is 10.4. The summed E-state index contributed by atoms with van der Waals surface area (Å²) in [6, 6.07) is 0. The first-order valence-corrected chi connectivity index (χ1v) is 14.0. The van der Waals surface area contributed by atoms with Gasteiger partial charge in [0.05, 0.1) is 6.61 Å². The monoisotopic (exact) mass is 550 g/mol. The molecule has 0 N–H and O–H groups in total. The molecule has 0 aliphatic carbocycles. The van der Waals surface area contributed by atoms with E-state index in [4.69, 9.17) is 14.3 Å². The molecule has 0 saturated carbocycles. The molecule has 0 aromatic heterocycles. The van der Waals surface area contributed by atoms with Crippen LogP contribution in [0.15, 0.2) is 121 Å². The van der Waals surface area contributed by atoms with Gasteiger partial charge in [0.25, 0.3) is 0 Å². The lowest BCUT2D eigenvalue weighted by Gasteiger charge is -2.15. The maximum atomic E-state index is 8.00. The number of hydrogen-bond acceptors (Lipinski definition) is 3. The second kappa shape index (κ2) is 24.8. The van der Waals surface area contributed by atoms with Crippen molar-refractivity contribution in [1.29, 1.82) is 0 Å². The topological polar surface area (TPSA) is 35.5 Å². The number of ether oxygens (including phenoxy) is 2. The number of carbonyl (C=O) groups is 1. The Balaban J connectivity index is -0.00000208. The van der Waals surface area contributed by atoms with Crippen LogP contribution in [-0.2, 0) is 14.3 Å². The van der Waals surface area contributed by atoms with Crippen molar-refractivity contribution in [3.8, 4) is 0 Å². The smallest absolute Gasteiger partial charge is 0.122 e. The summed E-state index contributed by atoms with van der Waals surface area (Å²) < 4.78 is 10.9. The molecule has 0 aromatic carbocycles. The Morgan fingerprint density at radius 1 is 0.750 bits per heavy atom. The van der Waals surface area contributed by atoms with E-state index in [0.717, 1.165) is 64.0 Å². The van der Waals surface area contributed by atoms with Crippen molar-refractivity contribution in [2.24, 2.45) is 11.8 Å². The summed E-state index contributed by atoms with van der Waals surface area (Å²) >= 11 is 0. The first-order chi connectivity index (χ1) is 18.7. The largest absolute Gasteiger partial charge is 0.491 e. The molecule has 0 bridgehead atoms. The summed E-state index contributed by atoms with van der Waals surface area (Å²) in [5, 5.41) is 0. The Morgan fingerprint density at radius 3 is 1.75 bits per heavy atom. The summed E-state index contributed by atoms with van der Waals surface area (Å²) in [6.45, 7) is 46.6. The zero-order valence-electron chi connectivity index (χ0n) is 27.1. The number of rotatable bonds is 18. The quantitative estimate of drug-likeness (QED) is 0.0737. The van der Waals surface area contributed by atoms with Gasteiger partial charge in [-0.3, -0.25) is 0 Å². The Bertz CT molecular complexity index is 946. The second-order valence-corrected chi connectivity index (χ2v) is 10.4.